The van der Waals surface area contributed by atoms with Crippen LogP contribution in [0.2, 0.25) is 0 Å². The number of aliphatic hydroxyl groups excluding tert-OH is 1. The van der Waals surface area contributed by atoms with Crippen LogP contribution in [0, 0.1) is 0 Å². The highest BCUT2D eigenvalue weighted by atomic mass is 19.4. The van der Waals surface area contributed by atoms with Crippen molar-refractivity contribution in [1.29, 1.82) is 0 Å². The smallest absolute Gasteiger partial charge is 0.419 e. The molecule has 0 aromatic heterocycles. The van der Waals surface area contributed by atoms with Crippen LogP contribution in [0.25, 0.3) is 0 Å². The van der Waals surface area contributed by atoms with Gasteiger partial charge in [0.1, 0.15) is 12.4 Å². The molecule has 1 aliphatic rings. The van der Waals surface area contributed by atoms with E-state index in [-0.39, 0.29) is 29.6 Å². The number of alkyl halides is 3. The zero-order chi connectivity index (χ0) is 15.7. The number of benzene rings is 1. The Hall–Kier alpha value is -1.27. The summed E-state index contributed by atoms with van der Waals surface area (Å²) in [5.74, 6) is -0.229. The summed E-state index contributed by atoms with van der Waals surface area (Å²) < 4.78 is 50.0. The zero-order valence-corrected chi connectivity index (χ0v) is 12.0. The van der Waals surface area contributed by atoms with Gasteiger partial charge in [-0.1, -0.05) is 6.07 Å². The molecule has 0 amide bonds. The van der Waals surface area contributed by atoms with Crippen LogP contribution in [-0.4, -0.2) is 23.4 Å². The summed E-state index contributed by atoms with van der Waals surface area (Å²) in [6, 6.07) is 3.58. The molecular weight excluding hydrogens is 285 g/mol. The Bertz CT molecular complexity index is 497. The molecule has 1 N–H and O–H groups in total. The lowest BCUT2D eigenvalue weighted by atomic mass is 10.1. The van der Waals surface area contributed by atoms with Crippen LogP contribution in [-0.2, 0) is 17.5 Å². The monoisotopic (exact) mass is 304 g/mol. The molecule has 6 heteroatoms. The summed E-state index contributed by atoms with van der Waals surface area (Å²) in [5.41, 5.74) is -0.916. The van der Waals surface area contributed by atoms with E-state index >= 15 is 0 Å². The Labute approximate surface area is 121 Å². The minimum Gasteiger partial charge on any atom is -0.490 e. The van der Waals surface area contributed by atoms with Gasteiger partial charge in [0.15, 0.2) is 0 Å². The van der Waals surface area contributed by atoms with Crippen molar-refractivity contribution in [2.75, 3.05) is 6.61 Å². The fourth-order valence-corrected chi connectivity index (χ4v) is 2.40. The fourth-order valence-electron chi connectivity index (χ4n) is 2.40. The highest BCUT2D eigenvalue weighted by Crippen LogP contribution is 2.37. The molecule has 1 fully saturated rings. The normalized spacial score (nSPS) is 21.5. The molecule has 1 aliphatic heterocycles. The number of ether oxygens (including phenoxy) is 2. The first-order valence-electron chi connectivity index (χ1n) is 6.83. The lowest BCUT2D eigenvalue weighted by Gasteiger charge is -2.20. The quantitative estimate of drug-likeness (QED) is 0.925. The van der Waals surface area contributed by atoms with Crippen LogP contribution in [0.5, 0.6) is 5.75 Å². The van der Waals surface area contributed by atoms with Crippen molar-refractivity contribution < 1.29 is 27.8 Å². The van der Waals surface area contributed by atoms with Crippen molar-refractivity contribution in [3.63, 3.8) is 0 Å². The van der Waals surface area contributed by atoms with E-state index in [0.29, 0.717) is 0 Å². The molecule has 1 aromatic rings. The Morgan fingerprint density at radius 2 is 2.10 bits per heavy atom. The topological polar surface area (TPSA) is 38.7 Å². The third-order valence-electron chi connectivity index (χ3n) is 3.51. The van der Waals surface area contributed by atoms with Crippen molar-refractivity contribution >= 4 is 0 Å². The predicted octanol–water partition coefficient (Wildman–Crippen LogP) is 3.53. The van der Waals surface area contributed by atoms with Crippen LogP contribution in [0.1, 0.15) is 37.8 Å². The Morgan fingerprint density at radius 1 is 1.38 bits per heavy atom. The summed E-state index contributed by atoms with van der Waals surface area (Å²) in [6.45, 7) is 3.54. The molecule has 118 valence electrons. The lowest BCUT2D eigenvalue weighted by molar-refractivity contribution is -0.139. The summed E-state index contributed by atoms with van der Waals surface area (Å²) >= 11 is 0. The van der Waals surface area contributed by atoms with Crippen LogP contribution in [0.15, 0.2) is 18.2 Å². The second kappa shape index (κ2) is 5.85. The van der Waals surface area contributed by atoms with Crippen molar-refractivity contribution in [2.24, 2.45) is 0 Å². The maximum Gasteiger partial charge on any atom is 0.419 e. The Morgan fingerprint density at radius 3 is 2.62 bits per heavy atom. The standard InChI is InChI=1S/C15H19F3O3/c1-14(2)6-5-11(21-14)9-20-13-4-3-10(8-19)7-12(13)15(16,17)18/h3-4,7,11,19H,5-6,8-9H2,1-2H3. The molecule has 0 bridgehead atoms. The van der Waals surface area contributed by atoms with Crippen LogP contribution in [0.4, 0.5) is 13.2 Å². The maximum atomic E-state index is 13.0. The van der Waals surface area contributed by atoms with Crippen LogP contribution in [0.3, 0.4) is 0 Å². The highest BCUT2D eigenvalue weighted by Gasteiger charge is 2.36. The van der Waals surface area contributed by atoms with Gasteiger partial charge in [0.2, 0.25) is 0 Å². The number of rotatable bonds is 4. The summed E-state index contributed by atoms with van der Waals surface area (Å²) in [5, 5.41) is 8.95. The van der Waals surface area contributed by atoms with Gasteiger partial charge in [0.05, 0.1) is 23.9 Å². The fraction of sp³-hybridized carbons (Fsp3) is 0.600. The lowest BCUT2D eigenvalue weighted by Crippen LogP contribution is -2.24. The second-order valence-corrected chi connectivity index (χ2v) is 5.84. The second-order valence-electron chi connectivity index (χ2n) is 5.84. The van der Waals surface area contributed by atoms with Gasteiger partial charge < -0.3 is 14.6 Å². The molecule has 1 unspecified atom stereocenters. The number of hydrogen-bond donors (Lipinski definition) is 1. The first-order valence-corrected chi connectivity index (χ1v) is 6.83. The molecule has 21 heavy (non-hydrogen) atoms. The van der Waals surface area contributed by atoms with Crippen molar-refractivity contribution in [1.82, 2.24) is 0 Å². The third-order valence-corrected chi connectivity index (χ3v) is 3.51. The molecule has 1 aromatic carbocycles. The molecule has 0 saturated carbocycles. The van der Waals surface area contributed by atoms with Crippen LogP contribution < -0.4 is 4.74 Å². The average Bonchev–Trinajstić information content (AvgIpc) is 2.74. The molecule has 2 rings (SSSR count). The third kappa shape index (κ3) is 4.11. The van der Waals surface area contributed by atoms with Crippen molar-refractivity contribution in [3.05, 3.63) is 29.3 Å². The van der Waals surface area contributed by atoms with Gasteiger partial charge in [0.25, 0.3) is 0 Å². The van der Waals surface area contributed by atoms with Gasteiger partial charge >= 0.3 is 6.18 Å². The molecule has 1 heterocycles. The average molecular weight is 304 g/mol. The molecule has 1 atom stereocenters. The van der Waals surface area contributed by atoms with Crippen molar-refractivity contribution in [3.8, 4) is 5.75 Å². The minimum atomic E-state index is -4.52. The zero-order valence-electron chi connectivity index (χ0n) is 12.0. The highest BCUT2D eigenvalue weighted by molar-refractivity contribution is 5.39. The van der Waals surface area contributed by atoms with E-state index in [1.807, 2.05) is 13.8 Å². The largest absolute Gasteiger partial charge is 0.490 e. The molecule has 0 radical (unpaired) electrons. The molecular formula is C15H19F3O3. The molecule has 3 nitrogen and oxygen atoms in total. The number of aliphatic hydroxyl groups is 1. The van der Waals surface area contributed by atoms with Crippen molar-refractivity contribution in [2.45, 2.75) is 51.2 Å². The van der Waals surface area contributed by atoms with Gasteiger partial charge in [0, 0.05) is 0 Å². The van der Waals surface area contributed by atoms with Gasteiger partial charge in [-0.25, -0.2) is 0 Å². The first-order chi connectivity index (χ1) is 9.71. The SMILES string of the molecule is CC1(C)CCC(COc2ccc(CO)cc2C(F)(F)F)O1. The van der Waals surface area contributed by atoms with Gasteiger partial charge in [-0.05, 0) is 44.4 Å². The Balaban J connectivity index is 2.09. The molecule has 0 aliphatic carbocycles. The first kappa shape index (κ1) is 16.1. The van der Waals surface area contributed by atoms with Gasteiger partial charge in [-0.15, -0.1) is 0 Å². The summed E-state index contributed by atoms with van der Waals surface area (Å²) in [4.78, 5) is 0. The summed E-state index contributed by atoms with van der Waals surface area (Å²) in [6.07, 6.45) is -3.09. The van der Waals surface area contributed by atoms with E-state index in [2.05, 4.69) is 0 Å². The minimum absolute atomic E-state index is 0.0883. The molecule has 1 saturated heterocycles. The van der Waals surface area contributed by atoms with E-state index in [9.17, 15) is 13.2 Å². The number of halogens is 3. The van der Waals surface area contributed by atoms with E-state index in [0.717, 1.165) is 18.9 Å². The van der Waals surface area contributed by atoms with Gasteiger partial charge in [-0.2, -0.15) is 13.2 Å². The predicted molar refractivity (Wildman–Crippen MR) is 71.0 cm³/mol. The van der Waals surface area contributed by atoms with E-state index < -0.39 is 18.3 Å². The Kier molecular flexibility index (Phi) is 4.49. The van der Waals surface area contributed by atoms with Gasteiger partial charge in [-0.3, -0.25) is 0 Å². The maximum absolute atomic E-state index is 13.0. The van der Waals surface area contributed by atoms with Crippen LogP contribution >= 0.6 is 0 Å². The molecule has 0 spiro atoms. The summed E-state index contributed by atoms with van der Waals surface area (Å²) in [7, 11) is 0. The van der Waals surface area contributed by atoms with E-state index in [4.69, 9.17) is 14.6 Å². The van der Waals surface area contributed by atoms with E-state index in [1.165, 1.54) is 12.1 Å². The van der Waals surface area contributed by atoms with E-state index in [1.54, 1.807) is 0 Å². The number of hydrogen-bond acceptors (Lipinski definition) is 3.